The SMILES string of the molecule is Cn1ccn(CC(CN)CN)c1=N. The third-order valence-corrected chi connectivity index (χ3v) is 2.20. The van der Waals surface area contributed by atoms with Crippen LogP contribution in [0.15, 0.2) is 12.4 Å². The zero-order valence-electron chi connectivity index (χ0n) is 7.90. The minimum absolute atomic E-state index is 0.261. The Morgan fingerprint density at radius 2 is 2.00 bits per heavy atom. The lowest BCUT2D eigenvalue weighted by molar-refractivity contribution is 0.446. The van der Waals surface area contributed by atoms with Crippen LogP contribution in [0.1, 0.15) is 0 Å². The highest BCUT2D eigenvalue weighted by molar-refractivity contribution is 4.78. The summed E-state index contributed by atoms with van der Waals surface area (Å²) in [7, 11) is 1.85. The zero-order chi connectivity index (χ0) is 9.84. The van der Waals surface area contributed by atoms with Crippen molar-refractivity contribution in [2.45, 2.75) is 6.54 Å². The molecule has 0 bridgehead atoms. The van der Waals surface area contributed by atoms with E-state index in [1.165, 1.54) is 0 Å². The molecule has 0 aliphatic heterocycles. The van der Waals surface area contributed by atoms with E-state index in [0.29, 0.717) is 18.7 Å². The Kier molecular flexibility index (Phi) is 3.27. The van der Waals surface area contributed by atoms with Gasteiger partial charge in [-0.25, -0.2) is 0 Å². The number of nitrogens with two attached hydrogens (primary N) is 2. The molecule has 74 valence electrons. The fourth-order valence-corrected chi connectivity index (χ4v) is 1.20. The maximum atomic E-state index is 7.66. The molecule has 13 heavy (non-hydrogen) atoms. The van der Waals surface area contributed by atoms with Gasteiger partial charge in [-0.05, 0) is 13.1 Å². The lowest BCUT2D eigenvalue weighted by Gasteiger charge is -2.12. The summed E-state index contributed by atoms with van der Waals surface area (Å²) in [5.41, 5.74) is 11.5. The minimum atomic E-state index is 0.261. The topological polar surface area (TPSA) is 85.8 Å². The van der Waals surface area contributed by atoms with Crippen LogP contribution in [-0.4, -0.2) is 22.2 Å². The number of nitrogens with one attached hydrogen (secondary N) is 1. The number of hydrogen-bond donors (Lipinski definition) is 3. The molecule has 0 saturated heterocycles. The molecule has 0 aliphatic carbocycles. The summed E-state index contributed by atoms with van der Waals surface area (Å²) in [6.07, 6.45) is 3.73. The lowest BCUT2D eigenvalue weighted by Crippen LogP contribution is -2.32. The molecule has 1 heterocycles. The minimum Gasteiger partial charge on any atom is -0.330 e. The fraction of sp³-hybridized carbons (Fsp3) is 0.625. The van der Waals surface area contributed by atoms with Crippen LogP contribution in [0.5, 0.6) is 0 Å². The van der Waals surface area contributed by atoms with Crippen LogP contribution in [0.2, 0.25) is 0 Å². The standard InChI is InChI=1S/C8H17N5/c1-12-2-3-13(8(12)11)6-7(4-9)5-10/h2-3,7,11H,4-6,9-10H2,1H3. The molecule has 0 atom stereocenters. The Balaban J connectivity index is 2.73. The quantitative estimate of drug-likeness (QED) is 0.550. The van der Waals surface area contributed by atoms with Crippen LogP contribution in [0.3, 0.4) is 0 Å². The van der Waals surface area contributed by atoms with Gasteiger partial charge in [-0.3, -0.25) is 5.41 Å². The van der Waals surface area contributed by atoms with Gasteiger partial charge in [0.15, 0.2) is 0 Å². The van der Waals surface area contributed by atoms with Crippen LogP contribution in [-0.2, 0) is 13.6 Å². The van der Waals surface area contributed by atoms with Gasteiger partial charge in [-0.1, -0.05) is 0 Å². The average Bonchev–Trinajstić information content (AvgIpc) is 2.45. The molecule has 0 saturated carbocycles. The highest BCUT2D eigenvalue weighted by Gasteiger charge is 2.05. The Morgan fingerprint density at radius 1 is 1.38 bits per heavy atom. The molecule has 5 N–H and O–H groups in total. The predicted octanol–water partition coefficient (Wildman–Crippen LogP) is -1.16. The monoisotopic (exact) mass is 183 g/mol. The lowest BCUT2D eigenvalue weighted by atomic mass is 10.1. The van der Waals surface area contributed by atoms with E-state index in [-0.39, 0.29) is 5.92 Å². The van der Waals surface area contributed by atoms with Crippen molar-refractivity contribution < 1.29 is 0 Å². The second-order valence-corrected chi connectivity index (χ2v) is 3.22. The van der Waals surface area contributed by atoms with E-state index < -0.39 is 0 Å². The summed E-state index contributed by atoms with van der Waals surface area (Å²) in [6, 6.07) is 0. The molecule has 5 nitrogen and oxygen atoms in total. The molecule has 0 amide bonds. The van der Waals surface area contributed by atoms with E-state index in [4.69, 9.17) is 16.9 Å². The highest BCUT2D eigenvalue weighted by Crippen LogP contribution is 1.94. The van der Waals surface area contributed by atoms with Crippen molar-refractivity contribution in [3.8, 4) is 0 Å². The van der Waals surface area contributed by atoms with Crippen molar-refractivity contribution in [1.82, 2.24) is 9.13 Å². The molecule has 0 fully saturated rings. The highest BCUT2D eigenvalue weighted by atomic mass is 15.1. The van der Waals surface area contributed by atoms with Crippen molar-refractivity contribution in [2.24, 2.45) is 24.4 Å². The molecule has 1 aromatic heterocycles. The molecule has 1 aromatic rings. The number of hydrogen-bond acceptors (Lipinski definition) is 3. The van der Waals surface area contributed by atoms with Crippen LogP contribution in [0.25, 0.3) is 0 Å². The smallest absolute Gasteiger partial charge is 0.201 e. The molecule has 0 spiro atoms. The second-order valence-electron chi connectivity index (χ2n) is 3.22. The van der Waals surface area contributed by atoms with E-state index in [1.54, 1.807) is 4.57 Å². The van der Waals surface area contributed by atoms with E-state index in [0.717, 1.165) is 6.54 Å². The van der Waals surface area contributed by atoms with Gasteiger partial charge in [0.2, 0.25) is 5.62 Å². The van der Waals surface area contributed by atoms with Crippen LogP contribution < -0.4 is 17.1 Å². The van der Waals surface area contributed by atoms with Crippen LogP contribution in [0, 0.1) is 11.3 Å². The van der Waals surface area contributed by atoms with Crippen molar-refractivity contribution >= 4 is 0 Å². The first-order valence-corrected chi connectivity index (χ1v) is 4.35. The van der Waals surface area contributed by atoms with Crippen molar-refractivity contribution in [3.05, 3.63) is 18.0 Å². The molecule has 0 aliphatic rings. The first-order valence-electron chi connectivity index (χ1n) is 4.35. The zero-order valence-corrected chi connectivity index (χ0v) is 7.90. The summed E-state index contributed by atoms with van der Waals surface area (Å²) in [5, 5.41) is 7.66. The van der Waals surface area contributed by atoms with E-state index in [9.17, 15) is 0 Å². The number of imidazole rings is 1. The van der Waals surface area contributed by atoms with Gasteiger partial charge in [-0.2, -0.15) is 0 Å². The molecule has 0 radical (unpaired) electrons. The van der Waals surface area contributed by atoms with E-state index >= 15 is 0 Å². The molecule has 0 unspecified atom stereocenters. The Labute approximate surface area is 77.5 Å². The third kappa shape index (κ3) is 2.19. The maximum absolute atomic E-state index is 7.66. The van der Waals surface area contributed by atoms with Gasteiger partial charge in [0, 0.05) is 31.9 Å². The van der Waals surface area contributed by atoms with Crippen molar-refractivity contribution in [1.29, 1.82) is 5.41 Å². The summed E-state index contributed by atoms with van der Waals surface area (Å²) in [6.45, 7) is 1.86. The largest absolute Gasteiger partial charge is 0.330 e. The van der Waals surface area contributed by atoms with Gasteiger partial charge < -0.3 is 20.6 Å². The van der Waals surface area contributed by atoms with Gasteiger partial charge in [0.25, 0.3) is 0 Å². The van der Waals surface area contributed by atoms with E-state index in [1.807, 2.05) is 24.0 Å². The number of aryl methyl sites for hydroxylation is 1. The summed E-state index contributed by atoms with van der Waals surface area (Å²) in [5.74, 6) is 0.261. The summed E-state index contributed by atoms with van der Waals surface area (Å²) < 4.78 is 3.61. The fourth-order valence-electron chi connectivity index (χ4n) is 1.20. The van der Waals surface area contributed by atoms with Gasteiger partial charge in [0.1, 0.15) is 0 Å². The van der Waals surface area contributed by atoms with Gasteiger partial charge in [0.05, 0.1) is 0 Å². The van der Waals surface area contributed by atoms with Gasteiger partial charge >= 0.3 is 0 Å². The molecular formula is C8H17N5. The molecule has 1 rings (SSSR count). The number of rotatable bonds is 4. The Hall–Kier alpha value is -1.07. The molecule has 5 heteroatoms. The number of aromatic nitrogens is 2. The normalized spacial score (nSPS) is 11.1. The van der Waals surface area contributed by atoms with Crippen molar-refractivity contribution in [3.63, 3.8) is 0 Å². The Bertz CT molecular complexity index is 307. The summed E-state index contributed by atoms with van der Waals surface area (Å²) in [4.78, 5) is 0. The molecule has 0 aromatic carbocycles. The van der Waals surface area contributed by atoms with Gasteiger partial charge in [-0.15, -0.1) is 0 Å². The predicted molar refractivity (Wildman–Crippen MR) is 50.9 cm³/mol. The first-order chi connectivity index (χ1) is 6.19. The van der Waals surface area contributed by atoms with Crippen molar-refractivity contribution in [2.75, 3.05) is 13.1 Å². The molecular weight excluding hydrogens is 166 g/mol. The van der Waals surface area contributed by atoms with E-state index in [2.05, 4.69) is 0 Å². The maximum Gasteiger partial charge on any atom is 0.201 e. The van der Waals surface area contributed by atoms with Crippen LogP contribution in [0.4, 0.5) is 0 Å². The number of nitrogens with zero attached hydrogens (tertiary/aromatic N) is 2. The average molecular weight is 183 g/mol. The summed E-state index contributed by atoms with van der Waals surface area (Å²) >= 11 is 0. The van der Waals surface area contributed by atoms with Crippen LogP contribution >= 0.6 is 0 Å². The Morgan fingerprint density at radius 3 is 2.38 bits per heavy atom. The third-order valence-electron chi connectivity index (χ3n) is 2.20. The first kappa shape index (κ1) is 10.0. The second kappa shape index (κ2) is 4.25.